The highest BCUT2D eigenvalue weighted by atomic mass is 35.5. The molecule has 2 heteroatoms. The summed E-state index contributed by atoms with van der Waals surface area (Å²) in [7, 11) is 0. The fourth-order valence-electron chi connectivity index (χ4n) is 1.66. The molecule has 0 aliphatic heterocycles. The van der Waals surface area contributed by atoms with Crippen molar-refractivity contribution in [3.63, 3.8) is 0 Å². The molecule has 0 amide bonds. The van der Waals surface area contributed by atoms with Gasteiger partial charge in [0.05, 0.1) is 5.03 Å². The van der Waals surface area contributed by atoms with Crippen LogP contribution in [-0.4, -0.2) is 5.78 Å². The first-order valence-corrected chi connectivity index (χ1v) is 4.43. The largest absolute Gasteiger partial charge is 0.293 e. The van der Waals surface area contributed by atoms with Crippen molar-refractivity contribution in [3.8, 4) is 0 Å². The van der Waals surface area contributed by atoms with Gasteiger partial charge in [0, 0.05) is 6.42 Å². The molecule has 1 unspecified atom stereocenters. The SMILES string of the molecule is O=C1CC2CC=CC=CC2=C1Cl. The number of halogens is 1. The highest BCUT2D eigenvalue weighted by Gasteiger charge is 2.29. The second kappa shape index (κ2) is 2.91. The molecule has 2 rings (SSSR count). The van der Waals surface area contributed by atoms with Crippen LogP contribution in [0.3, 0.4) is 0 Å². The van der Waals surface area contributed by atoms with E-state index in [2.05, 4.69) is 6.08 Å². The second-order valence-corrected chi connectivity index (χ2v) is 3.49. The molecule has 0 saturated heterocycles. The summed E-state index contributed by atoms with van der Waals surface area (Å²) in [5, 5.41) is 0.444. The lowest BCUT2D eigenvalue weighted by Crippen LogP contribution is -1.97. The van der Waals surface area contributed by atoms with Crippen LogP contribution in [0.15, 0.2) is 34.9 Å². The first-order valence-electron chi connectivity index (χ1n) is 4.05. The highest BCUT2D eigenvalue weighted by molar-refractivity contribution is 6.44. The van der Waals surface area contributed by atoms with Gasteiger partial charge in [-0.1, -0.05) is 35.9 Å². The van der Waals surface area contributed by atoms with Gasteiger partial charge in [0.2, 0.25) is 0 Å². The number of carbonyl (C=O) groups excluding carboxylic acids is 1. The van der Waals surface area contributed by atoms with Crippen LogP contribution in [0.4, 0.5) is 0 Å². The van der Waals surface area contributed by atoms with E-state index in [1.807, 2.05) is 18.2 Å². The maximum atomic E-state index is 11.2. The molecule has 0 bridgehead atoms. The molecular formula is C10H9ClO. The number of hydrogen-bond donors (Lipinski definition) is 0. The molecule has 0 N–H and O–H groups in total. The molecule has 12 heavy (non-hydrogen) atoms. The molecule has 0 saturated carbocycles. The van der Waals surface area contributed by atoms with Crippen LogP contribution in [0.2, 0.25) is 0 Å². The van der Waals surface area contributed by atoms with E-state index in [-0.39, 0.29) is 5.78 Å². The van der Waals surface area contributed by atoms with Crippen molar-refractivity contribution in [2.24, 2.45) is 5.92 Å². The van der Waals surface area contributed by atoms with Crippen LogP contribution in [0.1, 0.15) is 12.8 Å². The molecule has 0 aromatic rings. The van der Waals surface area contributed by atoms with E-state index >= 15 is 0 Å². The summed E-state index contributed by atoms with van der Waals surface area (Å²) in [6, 6.07) is 0. The van der Waals surface area contributed by atoms with Gasteiger partial charge in [0.25, 0.3) is 0 Å². The second-order valence-electron chi connectivity index (χ2n) is 3.12. The number of carbonyl (C=O) groups is 1. The number of ketones is 1. The Kier molecular flexibility index (Phi) is 1.89. The lowest BCUT2D eigenvalue weighted by atomic mass is 9.99. The van der Waals surface area contributed by atoms with E-state index in [1.54, 1.807) is 0 Å². The number of fused-ring (bicyclic) bond motifs is 1. The van der Waals surface area contributed by atoms with Crippen LogP contribution >= 0.6 is 11.6 Å². The van der Waals surface area contributed by atoms with Gasteiger partial charge in [-0.25, -0.2) is 0 Å². The summed E-state index contributed by atoms with van der Waals surface area (Å²) in [5.41, 5.74) is 1.02. The van der Waals surface area contributed by atoms with E-state index in [0.717, 1.165) is 12.0 Å². The van der Waals surface area contributed by atoms with E-state index in [1.165, 1.54) is 0 Å². The number of rotatable bonds is 0. The van der Waals surface area contributed by atoms with Gasteiger partial charge in [-0.15, -0.1) is 0 Å². The van der Waals surface area contributed by atoms with E-state index in [9.17, 15) is 4.79 Å². The monoisotopic (exact) mass is 180 g/mol. The van der Waals surface area contributed by atoms with Crippen molar-refractivity contribution < 1.29 is 4.79 Å². The van der Waals surface area contributed by atoms with E-state index < -0.39 is 0 Å². The van der Waals surface area contributed by atoms with Crippen LogP contribution < -0.4 is 0 Å². The molecule has 0 aromatic carbocycles. The number of allylic oxidation sites excluding steroid dienone is 6. The van der Waals surface area contributed by atoms with E-state index in [0.29, 0.717) is 17.4 Å². The van der Waals surface area contributed by atoms with Crippen LogP contribution in [0.5, 0.6) is 0 Å². The van der Waals surface area contributed by atoms with Gasteiger partial charge < -0.3 is 0 Å². The lowest BCUT2D eigenvalue weighted by Gasteiger charge is -2.05. The smallest absolute Gasteiger partial charge is 0.175 e. The van der Waals surface area contributed by atoms with Crippen LogP contribution in [0, 0.1) is 5.92 Å². The van der Waals surface area contributed by atoms with Gasteiger partial charge in [0.1, 0.15) is 0 Å². The molecule has 62 valence electrons. The lowest BCUT2D eigenvalue weighted by molar-refractivity contribution is -0.114. The van der Waals surface area contributed by atoms with Crippen molar-refractivity contribution in [1.82, 2.24) is 0 Å². The summed E-state index contributed by atoms with van der Waals surface area (Å²) >= 11 is 5.86. The fourth-order valence-corrected chi connectivity index (χ4v) is 1.96. The van der Waals surface area contributed by atoms with Gasteiger partial charge >= 0.3 is 0 Å². The predicted molar refractivity (Wildman–Crippen MR) is 48.9 cm³/mol. The fraction of sp³-hybridized carbons (Fsp3) is 0.300. The highest BCUT2D eigenvalue weighted by Crippen LogP contribution is 2.35. The molecule has 2 aliphatic carbocycles. The zero-order valence-electron chi connectivity index (χ0n) is 6.59. The summed E-state index contributed by atoms with van der Waals surface area (Å²) in [4.78, 5) is 11.2. The zero-order valence-corrected chi connectivity index (χ0v) is 7.34. The predicted octanol–water partition coefficient (Wildman–Crippen LogP) is 2.58. The van der Waals surface area contributed by atoms with Gasteiger partial charge in [-0.2, -0.15) is 0 Å². The van der Waals surface area contributed by atoms with Crippen molar-refractivity contribution >= 4 is 17.4 Å². The third-order valence-electron chi connectivity index (χ3n) is 2.31. The molecule has 0 spiro atoms. The van der Waals surface area contributed by atoms with Gasteiger partial charge in [-0.3, -0.25) is 4.79 Å². The van der Waals surface area contributed by atoms with Gasteiger partial charge in [-0.05, 0) is 17.9 Å². The third kappa shape index (κ3) is 1.14. The normalized spacial score (nSPS) is 27.8. The minimum absolute atomic E-state index is 0.0941. The Morgan fingerprint density at radius 3 is 3.08 bits per heavy atom. The Bertz CT molecular complexity index is 310. The molecule has 0 heterocycles. The quantitative estimate of drug-likeness (QED) is 0.560. The van der Waals surface area contributed by atoms with E-state index in [4.69, 9.17) is 11.6 Å². The summed E-state index contributed by atoms with van der Waals surface area (Å²) in [6.07, 6.45) is 9.49. The zero-order chi connectivity index (χ0) is 8.55. The Labute approximate surface area is 76.4 Å². The van der Waals surface area contributed by atoms with Crippen molar-refractivity contribution in [3.05, 3.63) is 34.9 Å². The average Bonchev–Trinajstić information content (AvgIpc) is 2.30. The Balaban J connectivity index is 2.40. The topological polar surface area (TPSA) is 17.1 Å². The van der Waals surface area contributed by atoms with Crippen molar-refractivity contribution in [1.29, 1.82) is 0 Å². The van der Waals surface area contributed by atoms with Crippen LogP contribution in [-0.2, 0) is 4.79 Å². The standard InChI is InChI=1S/C10H9ClO/c11-10-8-5-3-1-2-4-7(8)6-9(10)12/h1-3,5,7H,4,6H2. The summed E-state index contributed by atoms with van der Waals surface area (Å²) in [5.74, 6) is 0.427. The van der Waals surface area contributed by atoms with Crippen molar-refractivity contribution in [2.75, 3.05) is 0 Å². The molecule has 0 fully saturated rings. The maximum Gasteiger partial charge on any atom is 0.175 e. The van der Waals surface area contributed by atoms with Crippen LogP contribution in [0.25, 0.3) is 0 Å². The Morgan fingerprint density at radius 1 is 1.42 bits per heavy atom. The average molecular weight is 181 g/mol. The molecule has 2 aliphatic rings. The van der Waals surface area contributed by atoms with Gasteiger partial charge in [0.15, 0.2) is 5.78 Å². The number of hydrogen-bond acceptors (Lipinski definition) is 1. The van der Waals surface area contributed by atoms with Crippen molar-refractivity contribution in [2.45, 2.75) is 12.8 Å². The molecule has 0 radical (unpaired) electrons. The first kappa shape index (κ1) is 7.81. The Morgan fingerprint density at radius 2 is 2.25 bits per heavy atom. The minimum atomic E-state index is 0.0941. The first-order chi connectivity index (χ1) is 5.79. The molecule has 1 atom stereocenters. The molecule has 0 aromatic heterocycles. The third-order valence-corrected chi connectivity index (χ3v) is 2.74. The summed E-state index contributed by atoms with van der Waals surface area (Å²) in [6.45, 7) is 0. The Hall–Kier alpha value is -0.820. The maximum absolute atomic E-state index is 11.2. The minimum Gasteiger partial charge on any atom is -0.293 e. The molecule has 1 nitrogen and oxygen atoms in total. The molecular weight excluding hydrogens is 172 g/mol. The number of Topliss-reactive ketones (excluding diaryl/α,β-unsaturated/α-hetero) is 1. The summed E-state index contributed by atoms with van der Waals surface area (Å²) < 4.78 is 0.